The summed E-state index contributed by atoms with van der Waals surface area (Å²) in [4.78, 5) is 17.2. The summed E-state index contributed by atoms with van der Waals surface area (Å²) < 4.78 is 56.0. The third-order valence-electron chi connectivity index (χ3n) is 5.99. The molecule has 34 heavy (non-hydrogen) atoms. The number of rotatable bonds is 7. The van der Waals surface area contributed by atoms with Crippen LogP contribution in [0.3, 0.4) is 0 Å². The third-order valence-corrected chi connectivity index (χ3v) is 5.99. The molecule has 0 aromatic carbocycles. The van der Waals surface area contributed by atoms with Crippen LogP contribution in [0.4, 0.5) is 30.8 Å². The highest BCUT2D eigenvalue weighted by Gasteiger charge is 2.40. The van der Waals surface area contributed by atoms with Gasteiger partial charge in [-0.05, 0) is 19.9 Å². The van der Waals surface area contributed by atoms with Gasteiger partial charge in [0, 0.05) is 44.4 Å². The molecule has 0 amide bonds. The van der Waals surface area contributed by atoms with Crippen molar-refractivity contribution < 1.29 is 27.4 Å². The predicted octanol–water partition coefficient (Wildman–Crippen LogP) is 2.90. The maximum absolute atomic E-state index is 15.1. The Bertz CT molecular complexity index is 1020. The molecule has 186 valence electrons. The SMILES string of the molecule is COCC1(F)CCN(c2nc(-c3cnc(N)c(OC(F)F)c3)cc(N3C[C@H](C)OC[C@@H]3C)n2)C1. The molecule has 0 spiro atoms. The molecule has 2 aliphatic heterocycles. The van der Waals surface area contributed by atoms with Gasteiger partial charge in [0.15, 0.2) is 17.2 Å². The lowest BCUT2D eigenvalue weighted by Gasteiger charge is -2.38. The number of methoxy groups -OCH3 is 1. The highest BCUT2D eigenvalue weighted by atomic mass is 19.3. The number of pyridine rings is 1. The zero-order chi connectivity index (χ0) is 24.5. The largest absolute Gasteiger partial charge is 0.431 e. The number of hydrogen-bond acceptors (Lipinski definition) is 9. The Kier molecular flexibility index (Phi) is 6.99. The van der Waals surface area contributed by atoms with Crippen LogP contribution in [0.15, 0.2) is 18.3 Å². The fourth-order valence-electron chi connectivity index (χ4n) is 4.25. The van der Waals surface area contributed by atoms with E-state index in [2.05, 4.69) is 19.6 Å². The van der Waals surface area contributed by atoms with Gasteiger partial charge in [-0.3, -0.25) is 0 Å². The maximum atomic E-state index is 15.1. The average Bonchev–Trinajstić information content (AvgIpc) is 3.18. The van der Waals surface area contributed by atoms with Gasteiger partial charge in [-0.1, -0.05) is 0 Å². The molecule has 3 atom stereocenters. The Morgan fingerprint density at radius 2 is 2.09 bits per heavy atom. The molecule has 12 heteroatoms. The number of halogens is 3. The average molecular weight is 483 g/mol. The van der Waals surface area contributed by atoms with Crippen molar-refractivity contribution in [2.24, 2.45) is 0 Å². The molecular formula is C22H29F3N6O3. The molecule has 1 unspecified atom stereocenters. The summed E-state index contributed by atoms with van der Waals surface area (Å²) in [6.45, 7) is 2.55. The summed E-state index contributed by atoms with van der Waals surface area (Å²) >= 11 is 0. The minimum atomic E-state index is -3.05. The Morgan fingerprint density at radius 3 is 2.82 bits per heavy atom. The van der Waals surface area contributed by atoms with Gasteiger partial charge in [0.05, 0.1) is 37.6 Å². The van der Waals surface area contributed by atoms with Crippen LogP contribution in [0.25, 0.3) is 11.3 Å². The second-order valence-electron chi connectivity index (χ2n) is 8.80. The predicted molar refractivity (Wildman–Crippen MR) is 121 cm³/mol. The number of anilines is 3. The van der Waals surface area contributed by atoms with Gasteiger partial charge in [0.1, 0.15) is 5.82 Å². The molecule has 0 bridgehead atoms. The lowest BCUT2D eigenvalue weighted by Crippen LogP contribution is -2.48. The number of hydrogen-bond donors (Lipinski definition) is 1. The fourth-order valence-corrected chi connectivity index (χ4v) is 4.25. The Morgan fingerprint density at radius 1 is 1.29 bits per heavy atom. The minimum Gasteiger partial charge on any atom is -0.431 e. The Balaban J connectivity index is 1.75. The van der Waals surface area contributed by atoms with E-state index < -0.39 is 12.3 Å². The molecule has 0 aliphatic carbocycles. The van der Waals surface area contributed by atoms with Crippen LogP contribution in [-0.4, -0.2) is 79.3 Å². The number of nitrogens with two attached hydrogens (primary N) is 1. The first-order chi connectivity index (χ1) is 16.2. The van der Waals surface area contributed by atoms with Crippen molar-refractivity contribution in [3.8, 4) is 17.0 Å². The molecule has 2 N–H and O–H groups in total. The van der Waals surface area contributed by atoms with Gasteiger partial charge >= 0.3 is 6.61 Å². The molecule has 2 fully saturated rings. The van der Waals surface area contributed by atoms with E-state index in [9.17, 15) is 8.78 Å². The first-order valence-corrected chi connectivity index (χ1v) is 11.1. The van der Waals surface area contributed by atoms with Crippen molar-refractivity contribution in [2.75, 3.05) is 55.5 Å². The smallest absolute Gasteiger partial charge is 0.387 e. The lowest BCUT2D eigenvalue weighted by atomic mass is 10.1. The molecule has 4 rings (SSSR count). The zero-order valence-electron chi connectivity index (χ0n) is 19.4. The highest BCUT2D eigenvalue weighted by Crippen LogP contribution is 2.34. The number of alkyl halides is 3. The molecular weight excluding hydrogens is 453 g/mol. The number of aromatic nitrogens is 3. The maximum Gasteiger partial charge on any atom is 0.387 e. The molecule has 0 radical (unpaired) electrons. The topological polar surface area (TPSA) is 98.9 Å². The van der Waals surface area contributed by atoms with E-state index in [0.29, 0.717) is 42.7 Å². The van der Waals surface area contributed by atoms with Crippen molar-refractivity contribution in [1.29, 1.82) is 0 Å². The summed E-state index contributed by atoms with van der Waals surface area (Å²) in [5, 5.41) is 0. The highest BCUT2D eigenvalue weighted by molar-refractivity contribution is 5.68. The fraction of sp³-hybridized carbons (Fsp3) is 0.591. The number of ether oxygens (including phenoxy) is 3. The van der Waals surface area contributed by atoms with E-state index in [0.717, 1.165) is 0 Å². The third kappa shape index (κ3) is 5.27. The van der Waals surface area contributed by atoms with Crippen molar-refractivity contribution in [1.82, 2.24) is 15.0 Å². The first kappa shape index (κ1) is 24.3. The van der Waals surface area contributed by atoms with E-state index in [1.165, 1.54) is 19.4 Å². The van der Waals surface area contributed by atoms with Gasteiger partial charge in [-0.2, -0.15) is 13.8 Å². The number of nitrogen functional groups attached to an aromatic ring is 1. The number of nitrogens with zero attached hydrogens (tertiary/aromatic N) is 5. The Labute approximate surface area is 196 Å². The summed E-state index contributed by atoms with van der Waals surface area (Å²) in [7, 11) is 1.47. The van der Waals surface area contributed by atoms with E-state index in [1.54, 1.807) is 11.0 Å². The van der Waals surface area contributed by atoms with Crippen LogP contribution in [0.5, 0.6) is 5.75 Å². The van der Waals surface area contributed by atoms with Gasteiger partial charge in [0.25, 0.3) is 0 Å². The minimum absolute atomic E-state index is 0.00530. The van der Waals surface area contributed by atoms with Gasteiger partial charge < -0.3 is 29.7 Å². The molecule has 4 heterocycles. The second-order valence-corrected chi connectivity index (χ2v) is 8.80. The normalized spacial score (nSPS) is 25.3. The van der Waals surface area contributed by atoms with Gasteiger partial charge in [-0.15, -0.1) is 0 Å². The van der Waals surface area contributed by atoms with Gasteiger partial charge in [0.2, 0.25) is 5.95 Å². The number of morpholine rings is 1. The van der Waals surface area contributed by atoms with Crippen molar-refractivity contribution in [3.05, 3.63) is 18.3 Å². The van der Waals surface area contributed by atoms with Crippen molar-refractivity contribution in [2.45, 2.75) is 44.7 Å². The van der Waals surface area contributed by atoms with Crippen LogP contribution in [0, 0.1) is 0 Å². The van der Waals surface area contributed by atoms with Crippen LogP contribution < -0.4 is 20.3 Å². The molecule has 2 aromatic heterocycles. The summed E-state index contributed by atoms with van der Waals surface area (Å²) in [5.74, 6) is 0.559. The van der Waals surface area contributed by atoms with Gasteiger partial charge in [-0.25, -0.2) is 14.4 Å². The van der Waals surface area contributed by atoms with Crippen LogP contribution in [0.2, 0.25) is 0 Å². The summed E-state index contributed by atoms with van der Waals surface area (Å²) in [5.41, 5.74) is 5.05. The van der Waals surface area contributed by atoms with Crippen LogP contribution >= 0.6 is 0 Å². The molecule has 9 nitrogen and oxygen atoms in total. The van der Waals surface area contributed by atoms with E-state index in [4.69, 9.17) is 20.2 Å². The Hall–Kier alpha value is -2.86. The monoisotopic (exact) mass is 482 g/mol. The zero-order valence-corrected chi connectivity index (χ0v) is 19.4. The lowest BCUT2D eigenvalue weighted by molar-refractivity contribution is -0.0494. The molecule has 2 aliphatic rings. The molecule has 2 aromatic rings. The molecule has 0 saturated carbocycles. The second kappa shape index (κ2) is 9.79. The van der Waals surface area contributed by atoms with E-state index >= 15 is 4.39 Å². The quantitative estimate of drug-likeness (QED) is 0.639. The van der Waals surface area contributed by atoms with Crippen molar-refractivity contribution in [3.63, 3.8) is 0 Å². The summed E-state index contributed by atoms with van der Waals surface area (Å²) in [6.07, 6.45) is 1.71. The van der Waals surface area contributed by atoms with Crippen LogP contribution in [0.1, 0.15) is 20.3 Å². The molecule has 2 saturated heterocycles. The van der Waals surface area contributed by atoms with E-state index in [-0.39, 0.29) is 43.3 Å². The first-order valence-electron chi connectivity index (χ1n) is 11.1. The van der Waals surface area contributed by atoms with Crippen molar-refractivity contribution >= 4 is 17.6 Å². The van der Waals surface area contributed by atoms with E-state index in [1.807, 2.05) is 13.8 Å². The summed E-state index contributed by atoms with van der Waals surface area (Å²) in [6, 6.07) is 3.16. The standard InChI is InChI=1S/C22H29F3N6O3/c1-13-10-33-14(2)9-31(13)18-7-16(15-6-17(34-20(23)24)19(26)27-8-15)28-21(29-18)30-5-4-22(25,11-30)12-32-3/h6-8,13-14,20H,4-5,9-12H2,1-3H3,(H2,26,27)/t13-,14-,22?/m0/s1. The van der Waals surface area contributed by atoms with Crippen LogP contribution in [-0.2, 0) is 9.47 Å².